The normalized spacial score (nSPS) is 14.1. The van der Waals surface area contributed by atoms with Crippen LogP contribution in [0.1, 0.15) is 181 Å². The number of ether oxygens (including phenoxy) is 2. The molecule has 0 aliphatic rings. The molecule has 4 N–H and O–H groups in total. The van der Waals surface area contributed by atoms with Crippen LogP contribution in [0.5, 0.6) is 0 Å². The van der Waals surface area contributed by atoms with Gasteiger partial charge in [0.25, 0.3) is 0 Å². The number of aliphatic carboxylic acids is 1. The molecule has 1 unspecified atom stereocenters. The Morgan fingerprint density at radius 3 is 1.57 bits per heavy atom. The predicted octanol–water partition coefficient (Wildman–Crippen LogP) is 10.8. The quantitative estimate of drug-likeness (QED) is 0.0135. The zero-order valence-corrected chi connectivity index (χ0v) is 34.7. The van der Waals surface area contributed by atoms with E-state index in [0.717, 1.165) is 44.9 Å². The second-order valence-electron chi connectivity index (χ2n) is 14.2. The van der Waals surface area contributed by atoms with Crippen LogP contribution in [0.3, 0.4) is 0 Å². The number of phosphoric acid groups is 1. The molecule has 0 aromatic rings. The van der Waals surface area contributed by atoms with Gasteiger partial charge in [0.15, 0.2) is 6.10 Å². The largest absolute Gasteiger partial charge is 0.480 e. The number of carbonyl (C=O) groups excluding carboxylic acids is 2. The summed E-state index contributed by atoms with van der Waals surface area (Å²) in [6, 6.07) is -1.53. The van der Waals surface area contributed by atoms with E-state index in [-0.39, 0.29) is 6.42 Å². The lowest BCUT2D eigenvalue weighted by atomic mass is 10.1. The highest BCUT2D eigenvalue weighted by atomic mass is 31.2. The molecule has 12 heteroatoms. The Morgan fingerprint density at radius 1 is 0.611 bits per heavy atom. The van der Waals surface area contributed by atoms with Gasteiger partial charge in [-0.15, -0.1) is 0 Å². The number of hydrogen-bond acceptors (Lipinski definition) is 9. The lowest BCUT2D eigenvalue weighted by Crippen LogP contribution is -2.34. The summed E-state index contributed by atoms with van der Waals surface area (Å²) in [6.45, 7) is 2.66. The number of carbonyl (C=O) groups is 3. The minimum absolute atomic E-state index is 0.137. The molecule has 0 fully saturated rings. The minimum Gasteiger partial charge on any atom is -0.480 e. The predicted molar refractivity (Wildman–Crippen MR) is 217 cm³/mol. The number of allylic oxidation sites excluding steroid dienone is 5. The van der Waals surface area contributed by atoms with Gasteiger partial charge in [-0.1, -0.05) is 160 Å². The third kappa shape index (κ3) is 36.7. The van der Waals surface area contributed by atoms with E-state index >= 15 is 0 Å². The maximum Gasteiger partial charge on any atom is 0.472 e. The zero-order valence-electron chi connectivity index (χ0n) is 33.8. The zero-order chi connectivity index (χ0) is 40.0. The van der Waals surface area contributed by atoms with Crippen molar-refractivity contribution in [1.29, 1.82) is 0 Å². The van der Waals surface area contributed by atoms with Gasteiger partial charge in [-0.05, 0) is 44.9 Å². The topological polar surface area (TPSA) is 172 Å². The van der Waals surface area contributed by atoms with Crippen molar-refractivity contribution in [3.8, 4) is 0 Å². The summed E-state index contributed by atoms with van der Waals surface area (Å²) in [7, 11) is -4.73. The van der Waals surface area contributed by atoms with Crippen molar-refractivity contribution in [2.75, 3.05) is 19.8 Å². The molecule has 0 aromatic carbocycles. The monoisotopic (exact) mass is 786 g/mol. The van der Waals surface area contributed by atoms with Crippen LogP contribution < -0.4 is 5.73 Å². The van der Waals surface area contributed by atoms with E-state index in [9.17, 15) is 23.8 Å². The van der Waals surface area contributed by atoms with Crippen LogP contribution in [-0.4, -0.2) is 59.9 Å². The number of unbranched alkanes of at least 4 members (excludes halogenated alkanes) is 22. The number of carboxylic acid groups (broad SMARTS) is 1. The van der Waals surface area contributed by atoms with Crippen LogP contribution >= 0.6 is 7.82 Å². The van der Waals surface area contributed by atoms with Crippen molar-refractivity contribution >= 4 is 25.7 Å². The third-order valence-corrected chi connectivity index (χ3v) is 9.91. The van der Waals surface area contributed by atoms with Gasteiger partial charge in [-0.2, -0.15) is 0 Å². The van der Waals surface area contributed by atoms with Gasteiger partial charge >= 0.3 is 25.7 Å². The van der Waals surface area contributed by atoms with Gasteiger partial charge in [0, 0.05) is 12.5 Å². The first-order valence-electron chi connectivity index (χ1n) is 21.1. The molecule has 0 aromatic heterocycles. The summed E-state index contributed by atoms with van der Waals surface area (Å²) in [5, 5.41) is 8.87. The Bertz CT molecular complexity index is 1060. The van der Waals surface area contributed by atoms with E-state index in [4.69, 9.17) is 24.8 Å². The molecule has 0 radical (unpaired) electrons. The summed E-state index contributed by atoms with van der Waals surface area (Å²) < 4.78 is 32.5. The minimum atomic E-state index is -4.73. The Hall–Kier alpha value is -2.30. The standard InChI is InChI=1S/C42H76NO10P/c1-3-5-7-9-11-13-15-17-19-21-23-25-27-29-31-33-40(44)50-35-38(36-51-54(48,49)52-37-39(43)42(46)47)53-41(45)34-32-30-28-26-24-22-20-18-16-14-12-10-8-6-4-2/h14,16,27,29,31,33,38-39H,3-13,15,17-26,28,30,32,34-37,43H2,1-2H3,(H,46,47)(H,48,49)/b16-14+,29-27+,33-31+/t38-,39+/m1/s1. The van der Waals surface area contributed by atoms with Crippen LogP contribution in [-0.2, 0) is 37.5 Å². The maximum atomic E-state index is 12.6. The fourth-order valence-corrected chi connectivity index (χ4v) is 6.40. The second kappa shape index (κ2) is 37.6. The van der Waals surface area contributed by atoms with E-state index in [1.54, 1.807) is 12.2 Å². The van der Waals surface area contributed by atoms with Crippen molar-refractivity contribution in [2.45, 2.75) is 193 Å². The molecule has 0 aliphatic carbocycles. The van der Waals surface area contributed by atoms with Crippen molar-refractivity contribution in [2.24, 2.45) is 5.73 Å². The first kappa shape index (κ1) is 51.7. The molecule has 0 saturated heterocycles. The average Bonchev–Trinajstić information content (AvgIpc) is 3.14. The van der Waals surface area contributed by atoms with Crippen LogP contribution in [0.25, 0.3) is 0 Å². The highest BCUT2D eigenvalue weighted by Crippen LogP contribution is 2.43. The smallest absolute Gasteiger partial charge is 0.472 e. The molecule has 314 valence electrons. The van der Waals surface area contributed by atoms with Gasteiger partial charge < -0.3 is 25.2 Å². The summed E-state index contributed by atoms with van der Waals surface area (Å²) in [4.78, 5) is 45.7. The molecule has 0 amide bonds. The maximum absolute atomic E-state index is 12.6. The number of nitrogens with two attached hydrogens (primary N) is 1. The first-order chi connectivity index (χ1) is 26.1. The van der Waals surface area contributed by atoms with E-state index in [0.29, 0.717) is 6.42 Å². The molecule has 54 heavy (non-hydrogen) atoms. The molecule has 0 spiro atoms. The molecular weight excluding hydrogens is 709 g/mol. The highest BCUT2D eigenvalue weighted by Gasteiger charge is 2.28. The van der Waals surface area contributed by atoms with Gasteiger partial charge in [-0.25, -0.2) is 9.36 Å². The van der Waals surface area contributed by atoms with Crippen LogP contribution in [0.15, 0.2) is 36.5 Å². The number of rotatable bonds is 39. The number of carboxylic acids is 1. The van der Waals surface area contributed by atoms with Crippen LogP contribution in [0, 0.1) is 0 Å². The van der Waals surface area contributed by atoms with Crippen molar-refractivity contribution in [3.63, 3.8) is 0 Å². The molecule has 0 saturated carbocycles. The van der Waals surface area contributed by atoms with E-state index in [1.165, 1.54) is 115 Å². The Balaban J connectivity index is 4.49. The van der Waals surface area contributed by atoms with Crippen LogP contribution in [0.2, 0.25) is 0 Å². The fourth-order valence-electron chi connectivity index (χ4n) is 5.62. The summed E-state index contributed by atoms with van der Waals surface area (Å²) in [6.07, 6.45) is 39.8. The first-order valence-corrected chi connectivity index (χ1v) is 22.6. The molecular formula is C42H76NO10P. The molecule has 0 aliphatic heterocycles. The van der Waals surface area contributed by atoms with Gasteiger partial charge in [0.2, 0.25) is 0 Å². The fraction of sp³-hybridized carbons (Fsp3) is 0.786. The summed E-state index contributed by atoms with van der Waals surface area (Å²) in [5.41, 5.74) is 5.32. The van der Waals surface area contributed by atoms with E-state index in [2.05, 4.69) is 30.5 Å². The van der Waals surface area contributed by atoms with Gasteiger partial charge in [0.1, 0.15) is 12.6 Å². The number of phosphoric ester groups is 1. The Morgan fingerprint density at radius 2 is 1.06 bits per heavy atom. The number of hydrogen-bond donors (Lipinski definition) is 3. The van der Waals surface area contributed by atoms with Crippen molar-refractivity contribution in [1.82, 2.24) is 0 Å². The van der Waals surface area contributed by atoms with Crippen molar-refractivity contribution in [3.05, 3.63) is 36.5 Å². The molecule has 0 bridgehead atoms. The highest BCUT2D eigenvalue weighted by molar-refractivity contribution is 7.47. The average molecular weight is 786 g/mol. The number of esters is 2. The Labute approximate surface area is 327 Å². The van der Waals surface area contributed by atoms with Crippen LogP contribution in [0.4, 0.5) is 0 Å². The third-order valence-electron chi connectivity index (χ3n) is 8.96. The molecule has 3 atom stereocenters. The Kier molecular flexibility index (Phi) is 36.0. The van der Waals surface area contributed by atoms with Crippen molar-refractivity contribution < 1.29 is 47.5 Å². The summed E-state index contributed by atoms with van der Waals surface area (Å²) in [5.74, 6) is -2.64. The van der Waals surface area contributed by atoms with Gasteiger partial charge in [-0.3, -0.25) is 18.6 Å². The molecule has 11 nitrogen and oxygen atoms in total. The molecule has 0 rings (SSSR count). The van der Waals surface area contributed by atoms with E-state index in [1.807, 2.05) is 6.08 Å². The second-order valence-corrected chi connectivity index (χ2v) is 15.6. The SMILES string of the molecule is CCCCCC/C=C/CCCCCCCCCC(=O)O[C@H](COC(=O)/C=C/C=C/CCCCCCCCCCCCC)COP(=O)(O)OC[C@H](N)C(=O)O. The molecule has 0 heterocycles. The van der Waals surface area contributed by atoms with Gasteiger partial charge in [0.05, 0.1) is 13.2 Å². The lowest BCUT2D eigenvalue weighted by Gasteiger charge is -2.20. The summed E-state index contributed by atoms with van der Waals surface area (Å²) >= 11 is 0. The van der Waals surface area contributed by atoms with E-state index < -0.39 is 57.7 Å². The lowest BCUT2D eigenvalue weighted by molar-refractivity contribution is -0.159.